The van der Waals surface area contributed by atoms with Gasteiger partial charge in [-0.25, -0.2) is 9.97 Å². The smallest absolute Gasteiger partial charge is 0.163 e. The van der Waals surface area contributed by atoms with Crippen molar-refractivity contribution < 1.29 is 4.52 Å². The van der Waals surface area contributed by atoms with Crippen LogP contribution in [0, 0.1) is 6.92 Å². The lowest BCUT2D eigenvalue weighted by Gasteiger charge is -2.03. The molecule has 0 aliphatic carbocycles. The Balaban J connectivity index is 1.86. The van der Waals surface area contributed by atoms with Crippen molar-refractivity contribution in [2.24, 2.45) is 7.05 Å². The summed E-state index contributed by atoms with van der Waals surface area (Å²) >= 11 is 0. The van der Waals surface area contributed by atoms with Crippen LogP contribution in [0.4, 0.5) is 5.82 Å². The molecule has 0 spiro atoms. The highest BCUT2D eigenvalue weighted by molar-refractivity contribution is 5.85. The molecule has 7 nitrogen and oxygen atoms in total. The molecule has 3 heterocycles. The van der Waals surface area contributed by atoms with Crippen LogP contribution in [0.15, 0.2) is 23.1 Å². The van der Waals surface area contributed by atoms with E-state index in [9.17, 15) is 0 Å². The first-order chi connectivity index (χ1) is 8.74. The maximum absolute atomic E-state index is 5.13. The van der Waals surface area contributed by atoms with Crippen LogP contribution in [0.1, 0.15) is 11.5 Å². The summed E-state index contributed by atoms with van der Waals surface area (Å²) in [7, 11) is 1.85. The first kappa shape index (κ1) is 10.7. The van der Waals surface area contributed by atoms with Gasteiger partial charge < -0.3 is 9.84 Å². The fourth-order valence-electron chi connectivity index (χ4n) is 1.77. The average molecular weight is 244 g/mol. The minimum absolute atomic E-state index is 0.530. The van der Waals surface area contributed by atoms with E-state index < -0.39 is 0 Å². The van der Waals surface area contributed by atoms with Crippen molar-refractivity contribution >= 4 is 16.9 Å². The maximum atomic E-state index is 5.13. The summed E-state index contributed by atoms with van der Waals surface area (Å²) in [6, 6.07) is 1.88. The van der Waals surface area contributed by atoms with E-state index in [-0.39, 0.29) is 0 Å². The van der Waals surface area contributed by atoms with Crippen LogP contribution in [0.2, 0.25) is 0 Å². The summed E-state index contributed by atoms with van der Waals surface area (Å²) in [6.07, 6.45) is 3.25. The van der Waals surface area contributed by atoms with E-state index in [1.165, 1.54) is 6.33 Å². The second-order valence-corrected chi connectivity index (χ2v) is 4.02. The Bertz CT molecular complexity index is 686. The predicted octanol–water partition coefficient (Wildman–Crippen LogP) is 1.27. The fraction of sp³-hybridized carbons (Fsp3) is 0.273. The molecule has 0 fully saturated rings. The van der Waals surface area contributed by atoms with Gasteiger partial charge in [0.15, 0.2) is 11.4 Å². The predicted molar refractivity (Wildman–Crippen MR) is 64.9 cm³/mol. The van der Waals surface area contributed by atoms with Gasteiger partial charge >= 0.3 is 0 Å². The van der Waals surface area contributed by atoms with E-state index in [1.54, 1.807) is 10.9 Å². The quantitative estimate of drug-likeness (QED) is 0.747. The molecule has 0 aliphatic rings. The molecular weight excluding hydrogens is 232 g/mol. The Morgan fingerprint density at radius 3 is 3.06 bits per heavy atom. The third-order valence-electron chi connectivity index (χ3n) is 2.64. The van der Waals surface area contributed by atoms with Crippen LogP contribution in [-0.2, 0) is 13.6 Å². The van der Waals surface area contributed by atoms with Gasteiger partial charge in [-0.3, -0.25) is 4.68 Å². The fourth-order valence-corrected chi connectivity index (χ4v) is 1.77. The second kappa shape index (κ2) is 4.10. The van der Waals surface area contributed by atoms with Gasteiger partial charge in [-0.15, -0.1) is 0 Å². The standard InChI is InChI=1S/C11H12N6O/c1-7-3-8(18-16-7)4-12-10-9-5-15-17(2)11(9)14-6-13-10/h3,5-6H,4H2,1-2H3,(H,12,13,14). The van der Waals surface area contributed by atoms with E-state index >= 15 is 0 Å². The molecule has 18 heavy (non-hydrogen) atoms. The summed E-state index contributed by atoms with van der Waals surface area (Å²) < 4.78 is 6.84. The number of anilines is 1. The summed E-state index contributed by atoms with van der Waals surface area (Å²) in [5.41, 5.74) is 1.65. The number of fused-ring (bicyclic) bond motifs is 1. The monoisotopic (exact) mass is 244 g/mol. The van der Waals surface area contributed by atoms with Gasteiger partial charge in [0.05, 0.1) is 23.8 Å². The van der Waals surface area contributed by atoms with Crippen molar-refractivity contribution in [2.45, 2.75) is 13.5 Å². The highest BCUT2D eigenvalue weighted by Gasteiger charge is 2.08. The summed E-state index contributed by atoms with van der Waals surface area (Å²) in [4.78, 5) is 8.38. The van der Waals surface area contributed by atoms with Crippen LogP contribution < -0.4 is 5.32 Å². The van der Waals surface area contributed by atoms with Crippen LogP contribution in [0.3, 0.4) is 0 Å². The van der Waals surface area contributed by atoms with Crippen molar-refractivity contribution in [2.75, 3.05) is 5.32 Å². The number of nitrogens with one attached hydrogen (secondary N) is 1. The molecule has 0 saturated heterocycles. The van der Waals surface area contributed by atoms with Crippen molar-refractivity contribution in [1.82, 2.24) is 24.9 Å². The van der Waals surface area contributed by atoms with Crippen LogP contribution >= 0.6 is 0 Å². The number of hydrogen-bond donors (Lipinski definition) is 1. The molecule has 7 heteroatoms. The van der Waals surface area contributed by atoms with E-state index in [2.05, 4.69) is 25.5 Å². The molecule has 3 aromatic heterocycles. The average Bonchev–Trinajstić information content (AvgIpc) is 2.94. The number of nitrogens with zero attached hydrogens (tertiary/aromatic N) is 5. The van der Waals surface area contributed by atoms with Gasteiger partial charge in [-0.05, 0) is 6.92 Å². The van der Waals surface area contributed by atoms with E-state index in [0.29, 0.717) is 6.54 Å². The van der Waals surface area contributed by atoms with Crippen molar-refractivity contribution in [1.29, 1.82) is 0 Å². The number of aryl methyl sites for hydroxylation is 2. The van der Waals surface area contributed by atoms with Crippen LogP contribution in [0.5, 0.6) is 0 Å². The second-order valence-electron chi connectivity index (χ2n) is 4.02. The SMILES string of the molecule is Cc1cc(CNc2ncnc3c2cnn3C)on1. The Kier molecular flexibility index (Phi) is 2.44. The van der Waals surface area contributed by atoms with E-state index in [1.807, 2.05) is 20.0 Å². The van der Waals surface area contributed by atoms with Gasteiger partial charge in [0.2, 0.25) is 0 Å². The molecular formula is C11H12N6O. The molecule has 92 valence electrons. The molecule has 3 aromatic rings. The van der Waals surface area contributed by atoms with Crippen molar-refractivity contribution in [3.63, 3.8) is 0 Å². The maximum Gasteiger partial charge on any atom is 0.163 e. The van der Waals surface area contributed by atoms with Gasteiger partial charge in [0, 0.05) is 13.1 Å². The Morgan fingerprint density at radius 2 is 2.28 bits per heavy atom. The highest BCUT2D eigenvalue weighted by Crippen LogP contribution is 2.18. The number of hydrogen-bond acceptors (Lipinski definition) is 6. The molecule has 0 aliphatic heterocycles. The molecule has 0 atom stereocenters. The molecule has 0 saturated carbocycles. The molecule has 0 aromatic carbocycles. The normalized spacial score (nSPS) is 11.0. The first-order valence-electron chi connectivity index (χ1n) is 5.53. The topological polar surface area (TPSA) is 81.7 Å². The first-order valence-corrected chi connectivity index (χ1v) is 5.53. The van der Waals surface area contributed by atoms with Gasteiger partial charge in [0.25, 0.3) is 0 Å². The minimum atomic E-state index is 0.530. The summed E-state index contributed by atoms with van der Waals surface area (Å²) in [5.74, 6) is 1.50. The zero-order valence-corrected chi connectivity index (χ0v) is 10.1. The van der Waals surface area contributed by atoms with Crippen LogP contribution in [0.25, 0.3) is 11.0 Å². The minimum Gasteiger partial charge on any atom is -0.362 e. The molecule has 1 N–H and O–H groups in total. The Hall–Kier alpha value is -2.44. The zero-order chi connectivity index (χ0) is 12.5. The van der Waals surface area contributed by atoms with Gasteiger partial charge in [0.1, 0.15) is 12.1 Å². The Morgan fingerprint density at radius 1 is 1.39 bits per heavy atom. The summed E-state index contributed by atoms with van der Waals surface area (Å²) in [6.45, 7) is 2.42. The molecule has 0 bridgehead atoms. The molecule has 0 radical (unpaired) electrons. The largest absolute Gasteiger partial charge is 0.362 e. The van der Waals surface area contributed by atoms with Crippen molar-refractivity contribution in [3.05, 3.63) is 30.0 Å². The number of aromatic nitrogens is 5. The highest BCUT2D eigenvalue weighted by atomic mass is 16.5. The molecule has 0 unspecified atom stereocenters. The van der Waals surface area contributed by atoms with Crippen LogP contribution in [-0.4, -0.2) is 24.9 Å². The number of rotatable bonds is 3. The molecule has 3 rings (SSSR count). The van der Waals surface area contributed by atoms with E-state index in [0.717, 1.165) is 28.3 Å². The Labute approximate surface area is 103 Å². The van der Waals surface area contributed by atoms with Crippen molar-refractivity contribution in [3.8, 4) is 0 Å². The third-order valence-corrected chi connectivity index (χ3v) is 2.64. The molecule has 0 amide bonds. The zero-order valence-electron chi connectivity index (χ0n) is 10.1. The van der Waals surface area contributed by atoms with E-state index in [4.69, 9.17) is 4.52 Å². The van der Waals surface area contributed by atoms with Gasteiger partial charge in [-0.2, -0.15) is 5.10 Å². The lowest BCUT2D eigenvalue weighted by molar-refractivity contribution is 0.384. The van der Waals surface area contributed by atoms with Gasteiger partial charge in [-0.1, -0.05) is 5.16 Å². The lowest BCUT2D eigenvalue weighted by Crippen LogP contribution is -2.01. The summed E-state index contributed by atoms with van der Waals surface area (Å²) in [5, 5.41) is 12.1. The third kappa shape index (κ3) is 1.79. The lowest BCUT2D eigenvalue weighted by atomic mass is 10.3.